The van der Waals surface area contributed by atoms with E-state index in [1.807, 2.05) is 6.92 Å². The number of allylic oxidation sites excluding steroid dienone is 2. The van der Waals surface area contributed by atoms with E-state index in [0.717, 1.165) is 24.3 Å². The van der Waals surface area contributed by atoms with Crippen molar-refractivity contribution in [3.05, 3.63) is 12.2 Å². The Balaban J connectivity index is 1.79. The molecule has 2 unspecified atom stereocenters. The van der Waals surface area contributed by atoms with E-state index >= 15 is 0 Å². The molecule has 1 saturated carbocycles. The van der Waals surface area contributed by atoms with E-state index < -0.39 is 0 Å². The molecule has 1 aliphatic carbocycles. The first-order valence-electron chi connectivity index (χ1n) is 8.10. The second-order valence-corrected chi connectivity index (χ2v) is 6.29. The van der Waals surface area contributed by atoms with E-state index in [9.17, 15) is 0 Å². The van der Waals surface area contributed by atoms with E-state index in [2.05, 4.69) is 36.2 Å². The first-order valence-corrected chi connectivity index (χ1v) is 8.10. The Labute approximate surface area is 119 Å². The molecule has 1 heterocycles. The lowest BCUT2D eigenvalue weighted by Crippen LogP contribution is -2.28. The van der Waals surface area contributed by atoms with Gasteiger partial charge in [-0.3, -0.25) is 0 Å². The van der Waals surface area contributed by atoms with Crippen molar-refractivity contribution in [1.82, 2.24) is 5.32 Å². The fourth-order valence-corrected chi connectivity index (χ4v) is 3.86. The van der Waals surface area contributed by atoms with E-state index in [1.54, 1.807) is 0 Å². The van der Waals surface area contributed by atoms with Crippen LogP contribution in [-0.4, -0.2) is 12.6 Å². The van der Waals surface area contributed by atoms with Crippen molar-refractivity contribution < 1.29 is 0 Å². The van der Waals surface area contributed by atoms with Gasteiger partial charge in [-0.05, 0) is 64.3 Å². The van der Waals surface area contributed by atoms with E-state index in [0.29, 0.717) is 5.92 Å². The summed E-state index contributed by atoms with van der Waals surface area (Å²) in [6.07, 6.45) is 14.1. The molecule has 1 heteroatoms. The Morgan fingerprint density at radius 2 is 2.11 bits per heavy atom. The Morgan fingerprint density at radius 3 is 2.79 bits per heavy atom. The average Bonchev–Trinajstić information content (AvgIpc) is 3.06. The van der Waals surface area contributed by atoms with Crippen LogP contribution < -0.4 is 5.32 Å². The second-order valence-electron chi connectivity index (χ2n) is 6.29. The summed E-state index contributed by atoms with van der Waals surface area (Å²) in [6.45, 7) is 5.29. The van der Waals surface area contributed by atoms with Crippen LogP contribution in [-0.2, 0) is 0 Å². The van der Waals surface area contributed by atoms with Gasteiger partial charge in [0.05, 0.1) is 0 Å². The molecule has 1 nitrogen and oxygen atoms in total. The largest absolute Gasteiger partial charge is 0.313 e. The maximum absolute atomic E-state index is 3.79. The van der Waals surface area contributed by atoms with Gasteiger partial charge >= 0.3 is 0 Å². The molecule has 0 aromatic carbocycles. The van der Waals surface area contributed by atoms with Crippen LogP contribution in [0.2, 0.25) is 0 Å². The quantitative estimate of drug-likeness (QED) is 0.578. The normalized spacial score (nSPS) is 29.6. The standard InChI is InChI=1S/C18H29N/c1-3-5-9-15(8-4-2)12-16-13-18(19-14-16)17-10-6-7-11-17/h3,5,15-19H,6-7,9-14H2,1-2H3/b5-3-/t15-,16?,18?/m1/s1. The molecule has 19 heavy (non-hydrogen) atoms. The van der Waals surface area contributed by atoms with Crippen molar-refractivity contribution in [3.63, 3.8) is 0 Å². The zero-order chi connectivity index (χ0) is 13.5. The van der Waals surface area contributed by atoms with Gasteiger partial charge in [-0.2, -0.15) is 0 Å². The highest BCUT2D eigenvalue weighted by molar-refractivity contribution is 5.05. The van der Waals surface area contributed by atoms with E-state index in [1.165, 1.54) is 45.1 Å². The molecule has 2 rings (SSSR count). The highest BCUT2D eigenvalue weighted by Gasteiger charge is 2.32. The van der Waals surface area contributed by atoms with Gasteiger partial charge in [0.25, 0.3) is 0 Å². The lowest BCUT2D eigenvalue weighted by Gasteiger charge is -2.18. The summed E-state index contributed by atoms with van der Waals surface area (Å²) in [5.74, 6) is 8.90. The molecule has 2 aliphatic rings. The third kappa shape index (κ3) is 4.39. The van der Waals surface area contributed by atoms with Gasteiger partial charge in [-0.1, -0.05) is 30.9 Å². The smallest absolute Gasteiger partial charge is 0.0240 e. The van der Waals surface area contributed by atoms with E-state index in [4.69, 9.17) is 0 Å². The number of hydrogen-bond donors (Lipinski definition) is 1. The van der Waals surface area contributed by atoms with Gasteiger partial charge in [0.2, 0.25) is 0 Å². The van der Waals surface area contributed by atoms with Crippen molar-refractivity contribution in [3.8, 4) is 11.8 Å². The Kier molecular flexibility index (Phi) is 5.98. The monoisotopic (exact) mass is 259 g/mol. The predicted octanol–water partition coefficient (Wildman–Crippen LogP) is 4.15. The van der Waals surface area contributed by atoms with Crippen LogP contribution in [0.5, 0.6) is 0 Å². The lowest BCUT2D eigenvalue weighted by atomic mass is 9.87. The van der Waals surface area contributed by atoms with Gasteiger partial charge in [0.15, 0.2) is 0 Å². The fourth-order valence-electron chi connectivity index (χ4n) is 3.86. The van der Waals surface area contributed by atoms with Crippen LogP contribution in [0.15, 0.2) is 12.2 Å². The third-order valence-electron chi connectivity index (χ3n) is 4.85. The van der Waals surface area contributed by atoms with Crippen molar-refractivity contribution in [1.29, 1.82) is 0 Å². The molecule has 0 aromatic rings. The van der Waals surface area contributed by atoms with Crippen molar-refractivity contribution in [2.75, 3.05) is 6.54 Å². The van der Waals surface area contributed by atoms with Gasteiger partial charge < -0.3 is 5.32 Å². The molecule has 0 bridgehead atoms. The maximum atomic E-state index is 3.79. The number of nitrogens with one attached hydrogen (secondary N) is 1. The summed E-state index contributed by atoms with van der Waals surface area (Å²) in [7, 11) is 0. The van der Waals surface area contributed by atoms with Crippen LogP contribution in [0, 0.1) is 29.6 Å². The minimum atomic E-state index is 0.565. The molecular weight excluding hydrogens is 230 g/mol. The Morgan fingerprint density at radius 1 is 1.32 bits per heavy atom. The van der Waals surface area contributed by atoms with Gasteiger partial charge in [0.1, 0.15) is 0 Å². The van der Waals surface area contributed by atoms with Gasteiger partial charge in [-0.25, -0.2) is 0 Å². The van der Waals surface area contributed by atoms with Gasteiger partial charge in [0, 0.05) is 12.0 Å². The number of rotatable bonds is 5. The van der Waals surface area contributed by atoms with Crippen molar-refractivity contribution >= 4 is 0 Å². The van der Waals surface area contributed by atoms with E-state index in [-0.39, 0.29) is 0 Å². The lowest BCUT2D eigenvalue weighted by molar-refractivity contribution is 0.378. The molecule has 2 fully saturated rings. The highest BCUT2D eigenvalue weighted by atomic mass is 15.0. The van der Waals surface area contributed by atoms with Crippen molar-refractivity contribution in [2.45, 2.75) is 64.8 Å². The maximum Gasteiger partial charge on any atom is 0.0240 e. The molecular formula is C18H29N. The molecule has 0 aromatic heterocycles. The predicted molar refractivity (Wildman–Crippen MR) is 82.8 cm³/mol. The molecule has 1 saturated heterocycles. The first-order chi connectivity index (χ1) is 9.33. The summed E-state index contributed by atoms with van der Waals surface area (Å²) in [4.78, 5) is 0. The zero-order valence-corrected chi connectivity index (χ0v) is 12.6. The first kappa shape index (κ1) is 14.7. The summed E-state index contributed by atoms with van der Waals surface area (Å²) < 4.78 is 0. The molecule has 106 valence electrons. The molecule has 0 spiro atoms. The molecule has 0 amide bonds. The highest BCUT2D eigenvalue weighted by Crippen LogP contribution is 2.34. The fraction of sp³-hybridized carbons (Fsp3) is 0.778. The zero-order valence-electron chi connectivity index (χ0n) is 12.6. The summed E-state index contributed by atoms with van der Waals surface area (Å²) in [5, 5.41) is 3.79. The van der Waals surface area contributed by atoms with Crippen LogP contribution in [0.1, 0.15) is 58.8 Å². The molecule has 0 radical (unpaired) electrons. The summed E-state index contributed by atoms with van der Waals surface area (Å²) in [6, 6.07) is 0.810. The summed E-state index contributed by atoms with van der Waals surface area (Å²) >= 11 is 0. The Bertz CT molecular complexity index is 340. The number of hydrogen-bond acceptors (Lipinski definition) is 1. The molecule has 1 aliphatic heterocycles. The molecule has 3 atom stereocenters. The average molecular weight is 259 g/mol. The van der Waals surface area contributed by atoms with Crippen LogP contribution in [0.3, 0.4) is 0 Å². The van der Waals surface area contributed by atoms with Crippen LogP contribution in [0.25, 0.3) is 0 Å². The van der Waals surface area contributed by atoms with Crippen molar-refractivity contribution in [2.24, 2.45) is 17.8 Å². The molecule has 1 N–H and O–H groups in total. The van der Waals surface area contributed by atoms with Crippen LogP contribution in [0.4, 0.5) is 0 Å². The summed E-state index contributed by atoms with van der Waals surface area (Å²) in [5.41, 5.74) is 0. The van der Waals surface area contributed by atoms with Gasteiger partial charge in [-0.15, -0.1) is 5.92 Å². The minimum Gasteiger partial charge on any atom is -0.313 e. The Hall–Kier alpha value is -0.740. The topological polar surface area (TPSA) is 12.0 Å². The second kappa shape index (κ2) is 7.75. The third-order valence-corrected chi connectivity index (χ3v) is 4.85. The van der Waals surface area contributed by atoms with Crippen LogP contribution >= 0.6 is 0 Å². The SMILES string of the molecule is CC#C[C@H](C/C=C\C)CC1CNC(C2CCCC2)C1. The minimum absolute atomic E-state index is 0.565.